The summed E-state index contributed by atoms with van der Waals surface area (Å²) >= 11 is 0. The van der Waals surface area contributed by atoms with Gasteiger partial charge >= 0.3 is 12.1 Å². The molecule has 2 aliphatic rings. The Hall–Kier alpha value is -2.80. The molecule has 138 valence electrons. The van der Waals surface area contributed by atoms with Crippen LogP contribution in [0.25, 0.3) is 0 Å². The van der Waals surface area contributed by atoms with E-state index >= 15 is 0 Å². The lowest BCUT2D eigenvalue weighted by molar-refractivity contribution is -0.210. The van der Waals surface area contributed by atoms with E-state index in [1.54, 1.807) is 0 Å². The smallest absolute Gasteiger partial charge is 0.490 e. The SMILES string of the molecule is COc1ccc(C#N)c2c1C[C@@H]1C(OC(=O)C(F)(F)F)NCCN1C2=O. The molecule has 2 atom stereocenters. The number of ether oxygens (including phenoxy) is 2. The highest BCUT2D eigenvalue weighted by atomic mass is 19.4. The number of nitrogens with one attached hydrogen (secondary N) is 1. The zero-order valence-electron chi connectivity index (χ0n) is 13.6. The molecule has 0 aromatic heterocycles. The zero-order chi connectivity index (χ0) is 19.1. The van der Waals surface area contributed by atoms with E-state index in [9.17, 15) is 28.0 Å². The molecule has 3 rings (SSSR count). The maximum atomic E-state index is 12.9. The van der Waals surface area contributed by atoms with Crippen molar-refractivity contribution in [2.45, 2.75) is 24.9 Å². The number of esters is 1. The number of methoxy groups -OCH3 is 1. The van der Waals surface area contributed by atoms with Gasteiger partial charge in [0.1, 0.15) is 5.75 Å². The number of fused-ring (bicyclic) bond motifs is 2. The fourth-order valence-corrected chi connectivity index (χ4v) is 3.28. The normalized spacial score (nSPS) is 22.1. The summed E-state index contributed by atoms with van der Waals surface area (Å²) in [5, 5.41) is 12.0. The van der Waals surface area contributed by atoms with Crippen molar-refractivity contribution in [2.75, 3.05) is 20.2 Å². The molecule has 0 spiro atoms. The van der Waals surface area contributed by atoms with E-state index in [2.05, 4.69) is 10.1 Å². The van der Waals surface area contributed by atoms with E-state index in [1.807, 2.05) is 6.07 Å². The molecule has 7 nitrogen and oxygen atoms in total. The summed E-state index contributed by atoms with van der Waals surface area (Å²) < 4.78 is 47.3. The Balaban J connectivity index is 1.99. The van der Waals surface area contributed by atoms with Crippen LogP contribution in [0.15, 0.2) is 12.1 Å². The summed E-state index contributed by atoms with van der Waals surface area (Å²) in [6, 6.07) is 4.09. The van der Waals surface area contributed by atoms with Gasteiger partial charge in [0, 0.05) is 25.1 Å². The quantitative estimate of drug-likeness (QED) is 0.781. The third kappa shape index (κ3) is 2.94. The van der Waals surface area contributed by atoms with Gasteiger partial charge in [-0.3, -0.25) is 10.1 Å². The summed E-state index contributed by atoms with van der Waals surface area (Å²) in [4.78, 5) is 25.4. The molecule has 1 fully saturated rings. The van der Waals surface area contributed by atoms with Crippen molar-refractivity contribution in [3.8, 4) is 11.8 Å². The van der Waals surface area contributed by atoms with Crippen molar-refractivity contribution in [3.05, 3.63) is 28.8 Å². The lowest BCUT2D eigenvalue weighted by Gasteiger charge is -2.44. The van der Waals surface area contributed by atoms with Gasteiger partial charge in [-0.1, -0.05) is 0 Å². The van der Waals surface area contributed by atoms with Gasteiger partial charge in [-0.2, -0.15) is 18.4 Å². The second kappa shape index (κ2) is 6.49. The van der Waals surface area contributed by atoms with Gasteiger partial charge in [-0.15, -0.1) is 0 Å². The Morgan fingerprint density at radius 1 is 1.42 bits per heavy atom. The molecular weight excluding hydrogens is 355 g/mol. The number of hydrogen-bond donors (Lipinski definition) is 1. The standard InChI is InChI=1S/C16H14F3N3O4/c1-25-11-3-2-8(7-20)12-9(11)6-10-13(26-15(24)16(17,18)19)21-4-5-22(10)14(12)23/h2-3,10,13,21H,4-6H2,1H3/t10-,13?/m1/s1. The fourth-order valence-electron chi connectivity index (χ4n) is 3.28. The first-order valence-electron chi connectivity index (χ1n) is 7.70. The largest absolute Gasteiger partial charge is 0.496 e. The monoisotopic (exact) mass is 369 g/mol. The first-order chi connectivity index (χ1) is 12.3. The number of carbonyl (C=O) groups excluding carboxylic acids is 2. The molecule has 1 unspecified atom stereocenters. The summed E-state index contributed by atoms with van der Waals surface area (Å²) in [7, 11) is 1.39. The topological polar surface area (TPSA) is 91.7 Å². The summed E-state index contributed by atoms with van der Waals surface area (Å²) in [6.07, 6.45) is -6.36. The van der Waals surface area contributed by atoms with Crippen molar-refractivity contribution >= 4 is 11.9 Å². The number of nitriles is 1. The maximum Gasteiger partial charge on any atom is 0.490 e. The average molecular weight is 369 g/mol. The zero-order valence-corrected chi connectivity index (χ0v) is 13.6. The second-order valence-electron chi connectivity index (χ2n) is 5.83. The van der Waals surface area contributed by atoms with Crippen LogP contribution in [-0.4, -0.2) is 55.4 Å². The van der Waals surface area contributed by atoms with E-state index in [0.717, 1.165) is 0 Å². The second-order valence-corrected chi connectivity index (χ2v) is 5.83. The number of benzene rings is 1. The Morgan fingerprint density at radius 3 is 2.77 bits per heavy atom. The van der Waals surface area contributed by atoms with Crippen molar-refractivity contribution < 1.29 is 32.2 Å². The third-order valence-electron chi connectivity index (χ3n) is 4.41. The van der Waals surface area contributed by atoms with Gasteiger partial charge in [-0.25, -0.2) is 4.79 Å². The van der Waals surface area contributed by atoms with Crippen LogP contribution in [0.2, 0.25) is 0 Å². The van der Waals surface area contributed by atoms with Crippen molar-refractivity contribution in [2.24, 2.45) is 0 Å². The van der Waals surface area contributed by atoms with E-state index in [-0.39, 0.29) is 30.6 Å². The molecule has 26 heavy (non-hydrogen) atoms. The van der Waals surface area contributed by atoms with Gasteiger partial charge in [0.05, 0.1) is 30.3 Å². The maximum absolute atomic E-state index is 12.9. The Labute approximate surface area is 146 Å². The molecule has 1 aromatic rings. The van der Waals surface area contributed by atoms with E-state index < -0.39 is 30.3 Å². The van der Waals surface area contributed by atoms with Gasteiger partial charge in [0.2, 0.25) is 0 Å². The van der Waals surface area contributed by atoms with E-state index in [0.29, 0.717) is 11.3 Å². The summed E-state index contributed by atoms with van der Waals surface area (Å²) in [6.45, 7) is 0.365. The van der Waals surface area contributed by atoms with Gasteiger partial charge in [0.25, 0.3) is 5.91 Å². The predicted molar refractivity (Wildman–Crippen MR) is 80.2 cm³/mol. The van der Waals surface area contributed by atoms with Crippen molar-refractivity contribution in [1.29, 1.82) is 5.26 Å². The predicted octanol–water partition coefficient (Wildman–Crippen LogP) is 0.969. The molecule has 1 amide bonds. The van der Waals surface area contributed by atoms with Crippen molar-refractivity contribution in [1.82, 2.24) is 10.2 Å². The summed E-state index contributed by atoms with van der Waals surface area (Å²) in [5.74, 6) is -2.48. The molecule has 10 heteroatoms. The fraction of sp³-hybridized carbons (Fsp3) is 0.438. The van der Waals surface area contributed by atoms with Crippen LogP contribution in [0.3, 0.4) is 0 Å². The number of hydrogen-bond acceptors (Lipinski definition) is 6. The van der Waals surface area contributed by atoms with Crippen molar-refractivity contribution in [3.63, 3.8) is 0 Å². The highest BCUT2D eigenvalue weighted by molar-refractivity contribution is 6.00. The number of carbonyl (C=O) groups is 2. The van der Waals surface area contributed by atoms with Gasteiger partial charge in [-0.05, 0) is 12.1 Å². The van der Waals surface area contributed by atoms with Crippen LogP contribution < -0.4 is 10.1 Å². The van der Waals surface area contributed by atoms with Gasteiger partial charge < -0.3 is 14.4 Å². The number of rotatable bonds is 2. The first-order valence-corrected chi connectivity index (χ1v) is 7.70. The molecular formula is C16H14F3N3O4. The highest BCUT2D eigenvalue weighted by Crippen LogP contribution is 2.35. The van der Waals surface area contributed by atoms with Gasteiger partial charge in [0.15, 0.2) is 6.23 Å². The van der Waals surface area contributed by atoms with Crippen LogP contribution in [0, 0.1) is 11.3 Å². The van der Waals surface area contributed by atoms with E-state index in [1.165, 1.54) is 24.1 Å². The molecule has 1 saturated heterocycles. The molecule has 1 N–H and O–H groups in total. The lowest BCUT2D eigenvalue weighted by Crippen LogP contribution is -2.64. The highest BCUT2D eigenvalue weighted by Gasteiger charge is 2.47. The Bertz CT molecular complexity index is 803. The van der Waals surface area contributed by atoms with E-state index in [4.69, 9.17) is 4.74 Å². The number of nitrogens with zero attached hydrogens (tertiary/aromatic N) is 2. The van der Waals surface area contributed by atoms with Crippen LogP contribution in [0.1, 0.15) is 21.5 Å². The van der Waals surface area contributed by atoms with Crippen LogP contribution in [0.4, 0.5) is 13.2 Å². The average Bonchev–Trinajstić information content (AvgIpc) is 2.60. The number of amides is 1. The Kier molecular flexibility index (Phi) is 4.50. The third-order valence-corrected chi connectivity index (χ3v) is 4.41. The summed E-state index contributed by atoms with van der Waals surface area (Å²) in [5.41, 5.74) is 0.743. The number of alkyl halides is 3. The molecule has 0 bridgehead atoms. The lowest BCUT2D eigenvalue weighted by atomic mass is 9.87. The molecule has 1 aromatic carbocycles. The minimum atomic E-state index is -5.13. The molecule has 0 aliphatic carbocycles. The molecule has 0 radical (unpaired) electrons. The molecule has 0 saturated carbocycles. The first kappa shape index (κ1) is 18.0. The number of piperazine rings is 1. The minimum absolute atomic E-state index is 0.0859. The Morgan fingerprint density at radius 2 is 2.15 bits per heavy atom. The molecule has 2 heterocycles. The van der Waals surface area contributed by atoms with Crippen LogP contribution in [0.5, 0.6) is 5.75 Å². The number of halogens is 3. The minimum Gasteiger partial charge on any atom is -0.496 e. The van der Waals surface area contributed by atoms with Crippen LogP contribution in [-0.2, 0) is 16.0 Å². The van der Waals surface area contributed by atoms with Crippen LogP contribution >= 0.6 is 0 Å². The molecule has 2 aliphatic heterocycles.